The molecule has 0 saturated heterocycles. The number of rotatable bonds is 25. The lowest BCUT2D eigenvalue weighted by molar-refractivity contribution is 0.109. The summed E-state index contributed by atoms with van der Waals surface area (Å²) in [5.74, 6) is 26.5. The Kier molecular flexibility index (Phi) is 31.9. The third-order valence-electron chi connectivity index (χ3n) is 23.8. The van der Waals surface area contributed by atoms with Gasteiger partial charge in [-0.3, -0.25) is 38.7 Å². The molecule has 144 heavy (non-hydrogen) atoms. The van der Waals surface area contributed by atoms with Gasteiger partial charge in [0, 0.05) is 170 Å². The van der Waals surface area contributed by atoms with Crippen LogP contribution in [0.2, 0.25) is 20.1 Å². The van der Waals surface area contributed by atoms with Gasteiger partial charge in [0.15, 0.2) is 0 Å². The van der Waals surface area contributed by atoms with Crippen molar-refractivity contribution in [1.29, 1.82) is 0 Å². The van der Waals surface area contributed by atoms with Crippen molar-refractivity contribution in [2.75, 3.05) is 110 Å². The predicted molar refractivity (Wildman–Crippen MR) is 560 cm³/mol. The number of hydrogen-bond donors (Lipinski definition) is 2. The van der Waals surface area contributed by atoms with Crippen LogP contribution in [0.25, 0.3) is 89.2 Å². The first-order chi connectivity index (χ1) is 69.8. The molecule has 0 amide bonds. The highest BCUT2D eigenvalue weighted by molar-refractivity contribution is 6.42. The number of hydrogen-bond acceptors (Lipinski definition) is 29. The average Bonchev–Trinajstić information content (AvgIpc) is 0.916. The Bertz CT molecular complexity index is 7500. The van der Waals surface area contributed by atoms with Crippen LogP contribution in [0.3, 0.4) is 0 Å². The summed E-state index contributed by atoms with van der Waals surface area (Å²) in [6, 6.07) is 39.5. The first-order valence-electron chi connectivity index (χ1n) is 45.3. The number of nitrogens with zero attached hydrogens (tertiary/aromatic N) is 22. The van der Waals surface area contributed by atoms with Gasteiger partial charge in [0.25, 0.3) is 0 Å². The summed E-state index contributed by atoms with van der Waals surface area (Å²) in [6.45, 7) is 1.12. The minimum atomic E-state index is -0.898. The zero-order chi connectivity index (χ0) is 101. The molecule has 9 aromatic heterocycles. The highest BCUT2D eigenvalue weighted by atomic mass is 35.5. The van der Waals surface area contributed by atoms with Crippen molar-refractivity contribution in [3.63, 3.8) is 0 Å². The average molecular weight is 2010 g/mol. The van der Waals surface area contributed by atoms with E-state index in [0.717, 1.165) is 141 Å². The Morgan fingerprint density at radius 1 is 0.333 bits per heavy atom. The zero-order valence-corrected chi connectivity index (χ0v) is 84.1. The second-order valence-electron chi connectivity index (χ2n) is 33.3. The molecule has 2 aliphatic carbocycles. The lowest BCUT2D eigenvalue weighted by atomic mass is 10.0. The van der Waals surface area contributed by atoms with Crippen LogP contribution in [-0.4, -0.2) is 201 Å². The molecule has 2 fully saturated rings. The number of anilines is 8. The number of ether oxygens (including phenoxy) is 9. The summed E-state index contributed by atoms with van der Waals surface area (Å²) < 4.78 is 56.0. The normalized spacial score (nSPS) is 12.5. The molecule has 0 radical (unpaired) electrons. The van der Waals surface area contributed by atoms with Crippen LogP contribution in [0.4, 0.5) is 45.5 Å². The second-order valence-corrected chi connectivity index (χ2v) is 34.8. The van der Waals surface area contributed by atoms with E-state index < -0.39 is 11.2 Å². The largest absolute Gasteiger partial charge is 0.497 e. The molecule has 2 aliphatic rings. The molecule has 2 N–H and O–H groups in total. The number of halogens is 4. The molecule has 732 valence electrons. The minimum absolute atomic E-state index is 0.164. The van der Waals surface area contributed by atoms with E-state index in [1.165, 1.54) is 35.5 Å². The molecular weight excluding hydrogens is 1910 g/mol. The van der Waals surface area contributed by atoms with Crippen molar-refractivity contribution >= 4 is 136 Å². The SMILES string of the molecule is C#CCN(c1ccc2ncc(-c3cnn(C)c3)nc2c1)c1c(Cl)c(OC)cc(OC)c1Cl.COc1cc(OC)cc(N(CC#CC2(O)CCCC2)c2ccc3ncc(-c4cnn(C)c4)nc3c2)c1.COc1cc(OC)cc(N(CC#CC2(O)CCCC2)c2ccc3ncc(-c4cnn(C)c4)nc3c2)c1.COc1ccnc(C#CCN(c2ccc3ncc(-c4cnn(C)c4)nc3c2)c2c(Cl)c(OC)cc(OC)c2Cl)n1. The van der Waals surface area contributed by atoms with Gasteiger partial charge < -0.3 is 72.4 Å². The Labute approximate surface area is 851 Å². The van der Waals surface area contributed by atoms with Crippen LogP contribution in [0.5, 0.6) is 51.9 Å². The quantitative estimate of drug-likeness (QED) is 0.0502. The summed E-state index contributed by atoms with van der Waals surface area (Å²) in [4.78, 5) is 53.8. The third kappa shape index (κ3) is 23.5. The molecule has 19 rings (SSSR count). The van der Waals surface area contributed by atoms with E-state index in [9.17, 15) is 10.2 Å². The summed E-state index contributed by atoms with van der Waals surface area (Å²) >= 11 is 26.9. The van der Waals surface area contributed by atoms with Gasteiger partial charge in [-0.1, -0.05) is 81.9 Å². The topological polar surface area (TPSA) is 337 Å². The van der Waals surface area contributed by atoms with Crippen molar-refractivity contribution in [3.8, 4) is 145 Å². The van der Waals surface area contributed by atoms with E-state index in [4.69, 9.17) is 115 Å². The Balaban J connectivity index is 0.000000138. The number of terminal acetylenes is 1. The van der Waals surface area contributed by atoms with Crippen molar-refractivity contribution in [1.82, 2.24) is 89.0 Å². The molecule has 9 heterocycles. The monoisotopic (exact) mass is 2010 g/mol. The van der Waals surface area contributed by atoms with E-state index in [1.54, 1.807) is 121 Å². The van der Waals surface area contributed by atoms with Gasteiger partial charge in [0.1, 0.15) is 77.3 Å². The number of aromatic nitrogens is 18. The Hall–Kier alpha value is -16.2. The van der Waals surface area contributed by atoms with Gasteiger partial charge in [-0.15, -0.1) is 6.42 Å². The molecule has 0 atom stereocenters. The van der Waals surface area contributed by atoms with E-state index in [-0.39, 0.29) is 13.1 Å². The molecule has 0 spiro atoms. The van der Waals surface area contributed by atoms with Crippen LogP contribution in [-0.2, 0) is 28.2 Å². The van der Waals surface area contributed by atoms with Crippen LogP contribution in [0, 0.1) is 47.9 Å². The van der Waals surface area contributed by atoms with Crippen molar-refractivity contribution in [2.45, 2.75) is 62.6 Å². The predicted octanol–water partition coefficient (Wildman–Crippen LogP) is 19.5. The van der Waals surface area contributed by atoms with Crippen LogP contribution < -0.4 is 62.2 Å². The molecular formula is C107H100Cl4N22O11. The highest BCUT2D eigenvalue weighted by Crippen LogP contribution is 2.51. The van der Waals surface area contributed by atoms with Gasteiger partial charge in [-0.2, -0.15) is 25.4 Å². The van der Waals surface area contributed by atoms with Gasteiger partial charge in [0.05, 0.1) is 218 Å². The Morgan fingerprint density at radius 3 is 0.924 bits per heavy atom. The summed E-state index contributed by atoms with van der Waals surface area (Å²) in [5, 5.41) is 39.6. The van der Waals surface area contributed by atoms with Crippen molar-refractivity contribution < 1.29 is 52.8 Å². The molecule has 0 unspecified atom stereocenters. The first kappa shape index (κ1) is 101. The van der Waals surface area contributed by atoms with Gasteiger partial charge in [-0.05, 0) is 130 Å². The zero-order valence-electron chi connectivity index (χ0n) is 81.1. The van der Waals surface area contributed by atoms with Gasteiger partial charge >= 0.3 is 0 Å². The minimum Gasteiger partial charge on any atom is -0.497 e. The molecule has 0 bridgehead atoms. The summed E-state index contributed by atoms with van der Waals surface area (Å²) in [5.41, 5.74) is 16.5. The van der Waals surface area contributed by atoms with Crippen LogP contribution >= 0.6 is 46.4 Å². The highest BCUT2D eigenvalue weighted by Gasteiger charge is 2.32. The van der Waals surface area contributed by atoms with E-state index >= 15 is 0 Å². The fourth-order valence-corrected chi connectivity index (χ4v) is 17.8. The number of aliphatic hydroxyl groups is 2. The summed E-state index contributed by atoms with van der Waals surface area (Å²) in [6.07, 6.45) is 35.7. The maximum Gasteiger partial charge on any atom is 0.217 e. The van der Waals surface area contributed by atoms with Crippen LogP contribution in [0.15, 0.2) is 208 Å². The number of aryl methyl sites for hydroxylation is 4. The molecule has 33 nitrogen and oxygen atoms in total. The van der Waals surface area contributed by atoms with Crippen molar-refractivity contribution in [2.24, 2.45) is 28.2 Å². The van der Waals surface area contributed by atoms with Crippen molar-refractivity contribution in [3.05, 3.63) is 234 Å². The molecule has 2 saturated carbocycles. The van der Waals surface area contributed by atoms with E-state index in [1.807, 2.05) is 172 Å². The number of fused-ring (bicyclic) bond motifs is 4. The Morgan fingerprint density at radius 2 is 0.639 bits per heavy atom. The fraction of sp³-hybridized carbons (Fsp3) is 0.252. The lowest BCUT2D eigenvalue weighted by Crippen LogP contribution is -2.23. The molecule has 17 aromatic rings. The maximum absolute atomic E-state index is 10.7. The molecule has 0 aliphatic heterocycles. The second kappa shape index (κ2) is 45.6. The number of benzene rings is 8. The van der Waals surface area contributed by atoms with Crippen LogP contribution in [0.1, 0.15) is 57.2 Å². The number of methoxy groups -OCH3 is 9. The summed E-state index contributed by atoms with van der Waals surface area (Å²) in [7, 11) is 21.6. The third-order valence-corrected chi connectivity index (χ3v) is 25.3. The molecule has 8 aromatic carbocycles. The van der Waals surface area contributed by atoms with E-state index in [0.29, 0.717) is 136 Å². The fourth-order valence-electron chi connectivity index (χ4n) is 16.4. The smallest absolute Gasteiger partial charge is 0.217 e. The van der Waals surface area contributed by atoms with Gasteiger partial charge in [-0.25, -0.2) is 24.9 Å². The lowest BCUT2D eigenvalue weighted by Gasteiger charge is -2.26. The van der Waals surface area contributed by atoms with E-state index in [2.05, 4.69) is 102 Å². The maximum atomic E-state index is 10.7. The molecule has 37 heteroatoms. The van der Waals surface area contributed by atoms with Gasteiger partial charge in [0.2, 0.25) is 11.7 Å². The first-order valence-corrected chi connectivity index (χ1v) is 46.9. The standard InChI is InChI=1S/C28H23Cl2N7O3.2C28H29N5O3.C23H19Cl2N5O2/c1-36-16-17(14-33-36)21-15-32-19-8-7-18(12-20(19)34-21)37(11-5-6-24-31-10-9-25(35-24)40-4)28-26(29)22(38-2)13-23(39-3)27(28)30;2*1-32-19-20(17-30-32)27-18-29-25-8-7-21(15-26(25)31-27)33(12-6-11-28(34)9-4-5-10-28)22-13-23(35-2)16-24(14-22)36-3;1-5-8-30(23-21(24)19(31-3)10-20(32-4)22(23)25)15-6-7-16-17(9-15)28-18(12-26-16)14-11-27-29(2)13-14/h7-10,12-16H,11H2,1-4H3;2*7-8,13-19,34H,4-5,9-10,12H2,1-3H3;1,6-7,9-13H,8H2,2-4H3.